The van der Waals surface area contributed by atoms with Crippen LogP contribution in [0.25, 0.3) is 0 Å². The van der Waals surface area contributed by atoms with Gasteiger partial charge in [-0.05, 0) is 54.3 Å². The maximum absolute atomic E-state index is 13.6. The topological polar surface area (TPSA) is 71.8 Å². The first-order valence-electron chi connectivity index (χ1n) is 10.5. The van der Waals surface area contributed by atoms with Crippen molar-refractivity contribution in [1.82, 2.24) is 10.2 Å². The van der Waals surface area contributed by atoms with E-state index in [0.717, 1.165) is 24.0 Å². The fraction of sp³-hybridized carbons (Fsp3) is 0.280. The molecule has 1 saturated carbocycles. The van der Waals surface area contributed by atoms with Crippen LogP contribution in [0.2, 0.25) is 0 Å². The van der Waals surface area contributed by atoms with Crippen molar-refractivity contribution in [3.05, 3.63) is 89.4 Å². The molecule has 0 radical (unpaired) electrons. The molecule has 0 unspecified atom stereocenters. The minimum absolute atomic E-state index is 0.0130. The average Bonchev–Trinajstić information content (AvgIpc) is 3.51. The largest absolute Gasteiger partial charge is 0.497 e. The van der Waals surface area contributed by atoms with Gasteiger partial charge in [-0.2, -0.15) is 0 Å². The lowest BCUT2D eigenvalue weighted by molar-refractivity contribution is -0.124. The number of nitrogens with zero attached hydrogens (tertiary/aromatic N) is 1. The van der Waals surface area contributed by atoms with Crippen molar-refractivity contribution in [2.45, 2.75) is 37.4 Å². The van der Waals surface area contributed by atoms with E-state index >= 15 is 0 Å². The summed E-state index contributed by atoms with van der Waals surface area (Å²) in [6, 6.07) is 18.5. The smallest absolute Gasteiger partial charge is 0.254 e. The number of benzene rings is 2. The van der Waals surface area contributed by atoms with Crippen molar-refractivity contribution in [1.29, 1.82) is 0 Å². The number of nitrogens with one attached hydrogen (secondary N) is 1. The highest BCUT2D eigenvalue weighted by molar-refractivity contribution is 6.01. The van der Waals surface area contributed by atoms with Gasteiger partial charge in [0.15, 0.2) is 0 Å². The van der Waals surface area contributed by atoms with Crippen LogP contribution >= 0.6 is 0 Å². The highest BCUT2D eigenvalue weighted by atomic mass is 16.5. The van der Waals surface area contributed by atoms with Crippen LogP contribution in [0.15, 0.2) is 71.3 Å². The van der Waals surface area contributed by atoms with E-state index < -0.39 is 12.0 Å². The van der Waals surface area contributed by atoms with Gasteiger partial charge in [-0.1, -0.05) is 30.3 Å². The van der Waals surface area contributed by atoms with Gasteiger partial charge in [-0.15, -0.1) is 0 Å². The molecule has 6 nitrogen and oxygen atoms in total. The number of furan rings is 1. The van der Waals surface area contributed by atoms with Gasteiger partial charge in [-0.25, -0.2) is 0 Å². The SMILES string of the molecule is COc1cccc([C@H]2[C@H](C(=O)NCc3ccco3)c3ccccc3C(=O)N2C2CC2)c1. The number of rotatable bonds is 6. The standard InChI is InChI=1S/C25H24N2O4/c1-30-18-7-4-6-16(14-18)23-22(24(28)26-15-19-8-5-13-31-19)20-9-2-3-10-21(20)25(29)27(23)17-11-12-17/h2-10,13-14,17,22-23H,11-12,15H2,1H3,(H,26,28)/t22-,23+/m1/s1. The van der Waals surface area contributed by atoms with Crippen LogP contribution in [0.3, 0.4) is 0 Å². The van der Waals surface area contributed by atoms with Gasteiger partial charge in [0.05, 0.1) is 31.9 Å². The Hall–Kier alpha value is -3.54. The summed E-state index contributed by atoms with van der Waals surface area (Å²) < 4.78 is 10.8. The fourth-order valence-electron chi connectivity index (χ4n) is 4.47. The molecule has 1 aliphatic carbocycles. The minimum atomic E-state index is -0.531. The molecule has 2 atom stereocenters. The van der Waals surface area contributed by atoms with E-state index in [2.05, 4.69) is 5.32 Å². The summed E-state index contributed by atoms with van der Waals surface area (Å²) in [5.74, 6) is 0.715. The molecule has 0 saturated heterocycles. The summed E-state index contributed by atoms with van der Waals surface area (Å²) in [5.41, 5.74) is 2.26. The van der Waals surface area contributed by atoms with E-state index in [1.807, 2.05) is 59.5 Å². The van der Waals surface area contributed by atoms with E-state index in [-0.39, 0.29) is 17.9 Å². The van der Waals surface area contributed by atoms with Crippen molar-refractivity contribution in [2.24, 2.45) is 0 Å². The number of carbonyl (C=O) groups is 2. The first kappa shape index (κ1) is 19.4. The number of ether oxygens (including phenoxy) is 1. The molecule has 2 aliphatic rings. The molecule has 158 valence electrons. The van der Waals surface area contributed by atoms with Gasteiger partial charge in [-0.3, -0.25) is 9.59 Å². The lowest BCUT2D eigenvalue weighted by Gasteiger charge is -2.42. The molecule has 31 heavy (non-hydrogen) atoms. The van der Waals surface area contributed by atoms with Crippen LogP contribution in [0.5, 0.6) is 5.75 Å². The second-order valence-corrected chi connectivity index (χ2v) is 8.03. The molecule has 5 rings (SSSR count). The molecule has 0 bridgehead atoms. The van der Waals surface area contributed by atoms with Crippen LogP contribution < -0.4 is 10.1 Å². The van der Waals surface area contributed by atoms with Gasteiger partial charge in [0.25, 0.3) is 5.91 Å². The molecular formula is C25H24N2O4. The second kappa shape index (κ2) is 7.95. The summed E-state index contributed by atoms with van der Waals surface area (Å²) >= 11 is 0. The van der Waals surface area contributed by atoms with Crippen LogP contribution in [0.4, 0.5) is 0 Å². The highest BCUT2D eigenvalue weighted by Gasteiger charge is 2.49. The predicted molar refractivity (Wildman–Crippen MR) is 115 cm³/mol. The Kier molecular flexibility index (Phi) is 4.98. The fourth-order valence-corrected chi connectivity index (χ4v) is 4.47. The van der Waals surface area contributed by atoms with Crippen LogP contribution in [0.1, 0.15) is 52.0 Å². The van der Waals surface area contributed by atoms with Gasteiger partial charge in [0.2, 0.25) is 5.91 Å². The van der Waals surface area contributed by atoms with Crippen molar-refractivity contribution < 1.29 is 18.7 Å². The van der Waals surface area contributed by atoms with Gasteiger partial charge < -0.3 is 19.4 Å². The zero-order valence-electron chi connectivity index (χ0n) is 17.3. The molecule has 2 heterocycles. The molecule has 1 aromatic heterocycles. The Morgan fingerprint density at radius 1 is 1.13 bits per heavy atom. The molecule has 0 spiro atoms. The number of hydrogen-bond acceptors (Lipinski definition) is 4. The zero-order chi connectivity index (χ0) is 21.4. The molecule has 1 fully saturated rings. The Morgan fingerprint density at radius 2 is 1.97 bits per heavy atom. The first-order chi connectivity index (χ1) is 15.2. The van der Waals surface area contributed by atoms with Crippen molar-refractivity contribution in [2.75, 3.05) is 7.11 Å². The molecular weight excluding hydrogens is 392 g/mol. The Bertz CT molecular complexity index is 1100. The number of methoxy groups -OCH3 is 1. The van der Waals surface area contributed by atoms with Crippen LogP contribution in [-0.2, 0) is 11.3 Å². The maximum atomic E-state index is 13.6. The van der Waals surface area contributed by atoms with E-state index in [4.69, 9.17) is 9.15 Å². The number of fused-ring (bicyclic) bond motifs is 1. The predicted octanol–water partition coefficient (Wildman–Crippen LogP) is 4.05. The lowest BCUT2D eigenvalue weighted by atomic mass is 9.79. The molecule has 6 heteroatoms. The molecule has 2 aromatic carbocycles. The molecule has 3 aromatic rings. The van der Waals surface area contributed by atoms with Gasteiger partial charge >= 0.3 is 0 Å². The third-order valence-corrected chi connectivity index (χ3v) is 6.05. The third-order valence-electron chi connectivity index (χ3n) is 6.05. The van der Waals surface area contributed by atoms with E-state index in [1.54, 1.807) is 19.4 Å². The second-order valence-electron chi connectivity index (χ2n) is 8.03. The number of amides is 2. The Labute approximate surface area is 180 Å². The first-order valence-corrected chi connectivity index (χ1v) is 10.5. The van der Waals surface area contributed by atoms with Crippen LogP contribution in [0, 0.1) is 0 Å². The normalized spacial score (nSPS) is 20.3. The summed E-state index contributed by atoms with van der Waals surface area (Å²) in [5, 5.41) is 3.02. The summed E-state index contributed by atoms with van der Waals surface area (Å²) in [4.78, 5) is 29.0. The van der Waals surface area contributed by atoms with Gasteiger partial charge in [0.1, 0.15) is 11.5 Å². The quantitative estimate of drug-likeness (QED) is 0.658. The highest BCUT2D eigenvalue weighted by Crippen LogP contribution is 2.48. The van der Waals surface area contributed by atoms with Gasteiger partial charge in [0, 0.05) is 11.6 Å². The van der Waals surface area contributed by atoms with Crippen LogP contribution in [-0.4, -0.2) is 29.9 Å². The van der Waals surface area contributed by atoms with Crippen molar-refractivity contribution in [3.8, 4) is 5.75 Å². The number of carbonyl (C=O) groups excluding carboxylic acids is 2. The molecule has 1 N–H and O–H groups in total. The molecule has 1 aliphatic heterocycles. The lowest BCUT2D eigenvalue weighted by Crippen LogP contribution is -2.48. The molecule has 2 amide bonds. The average molecular weight is 416 g/mol. The van der Waals surface area contributed by atoms with Crippen molar-refractivity contribution in [3.63, 3.8) is 0 Å². The van der Waals surface area contributed by atoms with E-state index in [0.29, 0.717) is 23.6 Å². The minimum Gasteiger partial charge on any atom is -0.497 e. The van der Waals surface area contributed by atoms with E-state index in [9.17, 15) is 9.59 Å². The monoisotopic (exact) mass is 416 g/mol. The van der Waals surface area contributed by atoms with Crippen molar-refractivity contribution >= 4 is 11.8 Å². The summed E-state index contributed by atoms with van der Waals surface area (Å²) in [6.45, 7) is 0.298. The summed E-state index contributed by atoms with van der Waals surface area (Å²) in [6.07, 6.45) is 3.49. The van der Waals surface area contributed by atoms with E-state index in [1.165, 1.54) is 0 Å². The summed E-state index contributed by atoms with van der Waals surface area (Å²) in [7, 11) is 1.62. The third kappa shape index (κ3) is 3.58. The maximum Gasteiger partial charge on any atom is 0.254 e. The number of hydrogen-bond donors (Lipinski definition) is 1. The Balaban J connectivity index is 1.59. The zero-order valence-corrected chi connectivity index (χ0v) is 17.3. The Morgan fingerprint density at radius 3 is 2.71 bits per heavy atom.